The normalized spacial score (nSPS) is 10.9. The summed E-state index contributed by atoms with van der Waals surface area (Å²) in [6.45, 7) is 3.44. The van der Waals surface area contributed by atoms with Gasteiger partial charge < -0.3 is 9.73 Å². The third-order valence-corrected chi connectivity index (χ3v) is 5.37. The molecule has 3 aromatic heterocycles. The number of H-pyrrole nitrogens is 1. The Balaban J connectivity index is 1.81. The summed E-state index contributed by atoms with van der Waals surface area (Å²) in [6, 6.07) is 12.4. The van der Waals surface area contributed by atoms with Gasteiger partial charge in [0.2, 0.25) is 5.95 Å². The molecule has 2 N–H and O–H groups in total. The van der Waals surface area contributed by atoms with Crippen molar-refractivity contribution in [1.29, 1.82) is 0 Å². The molecular formula is C20H16IN5O3. The third kappa shape index (κ3) is 3.73. The fourth-order valence-electron chi connectivity index (χ4n) is 2.74. The highest BCUT2D eigenvalue weighted by molar-refractivity contribution is 14.1. The van der Waals surface area contributed by atoms with Gasteiger partial charge in [0.1, 0.15) is 11.5 Å². The quantitative estimate of drug-likeness (QED) is 0.415. The van der Waals surface area contributed by atoms with Crippen LogP contribution in [0.2, 0.25) is 0 Å². The Hall–Kier alpha value is -3.21. The topological polar surface area (TPSA) is 106 Å². The van der Waals surface area contributed by atoms with E-state index in [1.54, 1.807) is 44.2 Å². The molecule has 0 fully saturated rings. The van der Waals surface area contributed by atoms with Crippen LogP contribution in [0, 0.1) is 17.4 Å². The summed E-state index contributed by atoms with van der Waals surface area (Å²) in [5, 5.41) is 7.33. The maximum absolute atomic E-state index is 12.8. The number of rotatable bonds is 4. The Kier molecular flexibility index (Phi) is 5.05. The maximum Gasteiger partial charge on any atom is 0.257 e. The first-order valence-electron chi connectivity index (χ1n) is 8.72. The summed E-state index contributed by atoms with van der Waals surface area (Å²) in [6.07, 6.45) is 1.54. The highest BCUT2D eigenvalue weighted by atomic mass is 127. The van der Waals surface area contributed by atoms with Crippen LogP contribution in [0.15, 0.2) is 57.9 Å². The van der Waals surface area contributed by atoms with Gasteiger partial charge in [0.25, 0.3) is 11.5 Å². The van der Waals surface area contributed by atoms with Gasteiger partial charge in [0, 0.05) is 20.9 Å². The van der Waals surface area contributed by atoms with E-state index in [-0.39, 0.29) is 17.4 Å². The number of aromatic nitrogens is 4. The number of anilines is 1. The molecule has 29 heavy (non-hydrogen) atoms. The summed E-state index contributed by atoms with van der Waals surface area (Å²) in [7, 11) is 0. The summed E-state index contributed by atoms with van der Waals surface area (Å²) >= 11 is 2.11. The van der Waals surface area contributed by atoms with Crippen molar-refractivity contribution >= 4 is 34.3 Å². The van der Waals surface area contributed by atoms with E-state index in [1.807, 2.05) is 12.1 Å². The molecule has 1 aromatic carbocycles. The molecule has 146 valence electrons. The van der Waals surface area contributed by atoms with Gasteiger partial charge in [-0.3, -0.25) is 14.6 Å². The molecule has 0 spiro atoms. The number of nitrogens with one attached hydrogen (secondary N) is 2. The van der Waals surface area contributed by atoms with Gasteiger partial charge in [-0.25, -0.2) is 4.98 Å². The third-order valence-electron chi connectivity index (χ3n) is 4.43. The van der Waals surface area contributed by atoms with Gasteiger partial charge in [-0.1, -0.05) is 12.1 Å². The molecule has 4 aromatic rings. The molecule has 0 aliphatic rings. The molecule has 0 atom stereocenters. The van der Waals surface area contributed by atoms with Crippen LogP contribution in [0.25, 0.3) is 17.4 Å². The Labute approximate surface area is 179 Å². The van der Waals surface area contributed by atoms with Crippen LogP contribution in [0.1, 0.15) is 21.6 Å². The molecule has 3 heterocycles. The first-order chi connectivity index (χ1) is 13.9. The lowest BCUT2D eigenvalue weighted by Crippen LogP contribution is -2.21. The van der Waals surface area contributed by atoms with E-state index < -0.39 is 0 Å². The lowest BCUT2D eigenvalue weighted by atomic mass is 10.2. The van der Waals surface area contributed by atoms with E-state index >= 15 is 0 Å². The van der Waals surface area contributed by atoms with Crippen LogP contribution in [0.5, 0.6) is 0 Å². The predicted molar refractivity (Wildman–Crippen MR) is 116 cm³/mol. The standard InChI is InChI=1S/C20H16IN5O3/c1-11-12(2)22-20(24-18(11)27)26-17(10-15(25-26)16-8-5-9-29-16)23-19(28)13-6-3-4-7-14(13)21/h3-10H,1-2H3,(H,23,28)(H,22,24,27). The highest BCUT2D eigenvalue weighted by Gasteiger charge is 2.19. The lowest BCUT2D eigenvalue weighted by Gasteiger charge is -2.10. The number of hydrogen-bond acceptors (Lipinski definition) is 5. The maximum atomic E-state index is 12.8. The zero-order valence-electron chi connectivity index (χ0n) is 15.6. The molecule has 0 radical (unpaired) electrons. The summed E-state index contributed by atoms with van der Waals surface area (Å²) in [5.41, 5.74) is 1.86. The number of nitrogens with zero attached hydrogens (tertiary/aromatic N) is 3. The number of carbonyl (C=O) groups is 1. The molecule has 1 amide bonds. The van der Waals surface area contributed by atoms with Gasteiger partial charge in [-0.2, -0.15) is 9.78 Å². The van der Waals surface area contributed by atoms with Crippen LogP contribution in [-0.2, 0) is 0 Å². The molecule has 8 nitrogen and oxygen atoms in total. The van der Waals surface area contributed by atoms with Crippen molar-refractivity contribution in [3.63, 3.8) is 0 Å². The molecule has 9 heteroatoms. The van der Waals surface area contributed by atoms with Gasteiger partial charge in [0.05, 0.1) is 11.8 Å². The van der Waals surface area contributed by atoms with Crippen molar-refractivity contribution < 1.29 is 9.21 Å². The molecule has 0 aliphatic heterocycles. The van der Waals surface area contributed by atoms with Crippen LogP contribution >= 0.6 is 22.6 Å². The summed E-state index contributed by atoms with van der Waals surface area (Å²) < 4.78 is 7.62. The second-order valence-electron chi connectivity index (χ2n) is 6.34. The molecule has 0 saturated heterocycles. The van der Waals surface area contributed by atoms with Crippen LogP contribution in [0.4, 0.5) is 5.82 Å². The van der Waals surface area contributed by atoms with Gasteiger partial charge in [-0.05, 0) is 60.7 Å². The minimum Gasteiger partial charge on any atom is -0.463 e. The number of amides is 1. The van der Waals surface area contributed by atoms with Crippen molar-refractivity contribution in [1.82, 2.24) is 19.7 Å². The number of carbonyl (C=O) groups excluding carboxylic acids is 1. The number of halogens is 1. The average Bonchev–Trinajstić information content (AvgIpc) is 3.36. The molecule has 0 unspecified atom stereocenters. The van der Waals surface area contributed by atoms with Crippen LogP contribution in [-0.4, -0.2) is 25.7 Å². The predicted octanol–water partition coefficient (Wildman–Crippen LogP) is 3.69. The fourth-order valence-corrected chi connectivity index (χ4v) is 3.37. The largest absolute Gasteiger partial charge is 0.463 e. The number of benzene rings is 1. The van der Waals surface area contributed by atoms with E-state index in [2.05, 4.69) is 43.0 Å². The van der Waals surface area contributed by atoms with E-state index in [0.29, 0.717) is 34.1 Å². The Morgan fingerprint density at radius 3 is 2.69 bits per heavy atom. The smallest absolute Gasteiger partial charge is 0.257 e. The van der Waals surface area contributed by atoms with Crippen molar-refractivity contribution in [2.75, 3.05) is 5.32 Å². The lowest BCUT2D eigenvalue weighted by molar-refractivity contribution is 0.102. The van der Waals surface area contributed by atoms with Crippen molar-refractivity contribution in [2.24, 2.45) is 0 Å². The van der Waals surface area contributed by atoms with Crippen molar-refractivity contribution in [2.45, 2.75) is 13.8 Å². The van der Waals surface area contributed by atoms with Gasteiger partial charge >= 0.3 is 0 Å². The van der Waals surface area contributed by atoms with E-state index in [4.69, 9.17) is 4.42 Å². The minimum atomic E-state index is -0.298. The first-order valence-corrected chi connectivity index (χ1v) is 9.79. The SMILES string of the molecule is Cc1nc(-n2nc(-c3ccco3)cc2NC(=O)c2ccccc2I)[nH]c(=O)c1C. The van der Waals surface area contributed by atoms with Crippen LogP contribution < -0.4 is 10.9 Å². The second-order valence-corrected chi connectivity index (χ2v) is 7.50. The highest BCUT2D eigenvalue weighted by Crippen LogP contribution is 2.25. The number of hydrogen-bond donors (Lipinski definition) is 2. The number of aromatic amines is 1. The van der Waals surface area contributed by atoms with E-state index in [1.165, 1.54) is 10.9 Å². The monoisotopic (exact) mass is 501 g/mol. The Morgan fingerprint density at radius 1 is 1.21 bits per heavy atom. The Bertz CT molecular complexity index is 1260. The summed E-state index contributed by atoms with van der Waals surface area (Å²) in [5.74, 6) is 0.787. The molecule has 0 saturated carbocycles. The van der Waals surface area contributed by atoms with Crippen molar-refractivity contribution in [3.8, 4) is 17.4 Å². The van der Waals surface area contributed by atoms with Crippen LogP contribution in [0.3, 0.4) is 0 Å². The fraction of sp³-hybridized carbons (Fsp3) is 0.100. The first kappa shape index (κ1) is 19.1. The zero-order valence-corrected chi connectivity index (χ0v) is 17.7. The Morgan fingerprint density at radius 2 is 2.00 bits per heavy atom. The van der Waals surface area contributed by atoms with E-state index in [0.717, 1.165) is 3.57 Å². The van der Waals surface area contributed by atoms with Crippen molar-refractivity contribution in [3.05, 3.63) is 79.5 Å². The minimum absolute atomic E-state index is 0.203. The second kappa shape index (κ2) is 7.66. The molecule has 0 bridgehead atoms. The average molecular weight is 501 g/mol. The number of furan rings is 1. The molecule has 0 aliphatic carbocycles. The van der Waals surface area contributed by atoms with Gasteiger partial charge in [0.15, 0.2) is 5.76 Å². The molecule has 4 rings (SSSR count). The number of aryl methyl sites for hydroxylation is 1. The van der Waals surface area contributed by atoms with Gasteiger partial charge in [-0.15, -0.1) is 0 Å². The molecular weight excluding hydrogens is 485 g/mol. The zero-order chi connectivity index (χ0) is 20.5. The van der Waals surface area contributed by atoms with E-state index in [9.17, 15) is 9.59 Å². The summed E-state index contributed by atoms with van der Waals surface area (Å²) in [4.78, 5) is 32.2.